The summed E-state index contributed by atoms with van der Waals surface area (Å²) in [6.45, 7) is 5.97. The van der Waals surface area contributed by atoms with E-state index in [1.54, 1.807) is 11.3 Å². The first-order chi connectivity index (χ1) is 6.17. The first-order valence-electron chi connectivity index (χ1n) is 4.52. The minimum atomic E-state index is -0.0245. The van der Waals surface area contributed by atoms with Crippen LogP contribution in [-0.4, -0.2) is 18.1 Å². The summed E-state index contributed by atoms with van der Waals surface area (Å²) in [5.41, 5.74) is 5.40. The highest BCUT2D eigenvalue weighted by atomic mass is 32.1. The lowest BCUT2D eigenvalue weighted by atomic mass is 10.1. The lowest BCUT2D eigenvalue weighted by molar-refractivity contribution is 0.400. The van der Waals surface area contributed by atoms with Gasteiger partial charge in [-0.3, -0.25) is 0 Å². The molecule has 0 unspecified atom stereocenters. The Labute approximate surface area is 83.4 Å². The largest absolute Gasteiger partial charge is 0.330 e. The zero-order valence-electron chi connectivity index (χ0n) is 8.21. The number of rotatable bonds is 5. The van der Waals surface area contributed by atoms with Crippen LogP contribution in [0, 0.1) is 0 Å². The third-order valence-electron chi connectivity index (χ3n) is 1.91. The second-order valence-electron chi connectivity index (χ2n) is 3.53. The first-order valence-corrected chi connectivity index (χ1v) is 5.40. The first kappa shape index (κ1) is 10.6. The van der Waals surface area contributed by atoms with Crippen LogP contribution in [0.2, 0.25) is 0 Å². The van der Waals surface area contributed by atoms with Crippen LogP contribution in [0.1, 0.15) is 25.3 Å². The molecular weight excluding hydrogens is 182 g/mol. The van der Waals surface area contributed by atoms with Crippen LogP contribution >= 0.6 is 11.3 Å². The third-order valence-corrected chi connectivity index (χ3v) is 3.01. The molecule has 1 aromatic rings. The van der Waals surface area contributed by atoms with Gasteiger partial charge in [0.25, 0.3) is 0 Å². The summed E-state index contributed by atoms with van der Waals surface area (Å²) in [5, 5.41) is 6.56. The van der Waals surface area contributed by atoms with Crippen LogP contribution in [0.15, 0.2) is 11.6 Å². The summed E-state index contributed by atoms with van der Waals surface area (Å²) >= 11 is 1.68. The monoisotopic (exact) mass is 199 g/mol. The van der Waals surface area contributed by atoms with Crippen LogP contribution in [0.3, 0.4) is 0 Å². The van der Waals surface area contributed by atoms with Gasteiger partial charge in [-0.05, 0) is 33.4 Å². The predicted molar refractivity (Wildman–Crippen MR) is 56.8 cm³/mol. The Hall–Kier alpha value is -0.450. The van der Waals surface area contributed by atoms with Gasteiger partial charge in [-0.1, -0.05) is 0 Å². The number of nitrogens with zero attached hydrogens (tertiary/aromatic N) is 1. The van der Waals surface area contributed by atoms with E-state index in [2.05, 4.69) is 24.1 Å². The van der Waals surface area contributed by atoms with Gasteiger partial charge in [-0.2, -0.15) is 0 Å². The van der Waals surface area contributed by atoms with E-state index in [4.69, 9.17) is 5.73 Å². The van der Waals surface area contributed by atoms with Crippen molar-refractivity contribution in [3.63, 3.8) is 0 Å². The Kier molecular flexibility index (Phi) is 3.84. The number of nitrogens with two attached hydrogens (primary N) is 1. The van der Waals surface area contributed by atoms with E-state index in [0.717, 1.165) is 24.5 Å². The molecule has 74 valence electrons. The minimum Gasteiger partial charge on any atom is -0.330 e. The van der Waals surface area contributed by atoms with Crippen molar-refractivity contribution in [2.24, 2.45) is 5.73 Å². The lowest BCUT2D eigenvalue weighted by Gasteiger charge is -2.23. The van der Waals surface area contributed by atoms with Gasteiger partial charge in [0, 0.05) is 11.6 Å². The molecule has 0 atom stereocenters. The zero-order valence-corrected chi connectivity index (χ0v) is 9.03. The van der Waals surface area contributed by atoms with Crippen LogP contribution in [0.5, 0.6) is 0 Å². The smallest absolute Gasteiger partial charge is 0.112 e. The van der Waals surface area contributed by atoms with Crippen molar-refractivity contribution in [3.05, 3.63) is 16.6 Å². The Morgan fingerprint density at radius 3 is 2.92 bits per heavy atom. The summed E-state index contributed by atoms with van der Waals surface area (Å²) < 4.78 is 0. The van der Waals surface area contributed by atoms with E-state index in [1.165, 1.54) is 0 Å². The van der Waals surface area contributed by atoms with Crippen molar-refractivity contribution in [3.8, 4) is 0 Å². The Balaban J connectivity index is 2.46. The number of thiazole rings is 1. The second kappa shape index (κ2) is 4.69. The van der Waals surface area contributed by atoms with Gasteiger partial charge >= 0.3 is 0 Å². The minimum absolute atomic E-state index is 0.0245. The number of aromatic nitrogens is 1. The highest BCUT2D eigenvalue weighted by molar-refractivity contribution is 7.09. The van der Waals surface area contributed by atoms with Crippen molar-refractivity contribution in [1.29, 1.82) is 0 Å². The molecular formula is C9H17N3S. The number of hydrogen-bond donors (Lipinski definition) is 2. The molecule has 1 aromatic heterocycles. The zero-order chi connectivity index (χ0) is 9.73. The van der Waals surface area contributed by atoms with Gasteiger partial charge in [0.15, 0.2) is 0 Å². The molecule has 0 saturated heterocycles. The molecule has 3 nitrogen and oxygen atoms in total. The molecule has 1 heterocycles. The summed E-state index contributed by atoms with van der Waals surface area (Å²) in [6.07, 6.45) is 2.85. The van der Waals surface area contributed by atoms with E-state index in [9.17, 15) is 0 Å². The Morgan fingerprint density at radius 2 is 2.38 bits per heavy atom. The fourth-order valence-electron chi connectivity index (χ4n) is 1.11. The molecule has 0 radical (unpaired) electrons. The fourth-order valence-corrected chi connectivity index (χ4v) is 1.85. The maximum atomic E-state index is 5.42. The molecule has 0 aliphatic heterocycles. The van der Waals surface area contributed by atoms with E-state index in [1.807, 2.05) is 11.6 Å². The molecule has 1 rings (SSSR count). The van der Waals surface area contributed by atoms with E-state index >= 15 is 0 Å². The molecule has 0 aromatic carbocycles. The van der Waals surface area contributed by atoms with E-state index < -0.39 is 0 Å². The van der Waals surface area contributed by atoms with Crippen molar-refractivity contribution in [1.82, 2.24) is 10.3 Å². The van der Waals surface area contributed by atoms with Crippen molar-refractivity contribution >= 4 is 11.3 Å². The molecule has 0 fully saturated rings. The quantitative estimate of drug-likeness (QED) is 0.703. The molecule has 13 heavy (non-hydrogen) atoms. The summed E-state index contributed by atoms with van der Waals surface area (Å²) in [6, 6.07) is 0. The van der Waals surface area contributed by atoms with Gasteiger partial charge in [0.1, 0.15) is 5.01 Å². The van der Waals surface area contributed by atoms with Gasteiger partial charge in [0.2, 0.25) is 0 Å². The van der Waals surface area contributed by atoms with Gasteiger partial charge in [0.05, 0.1) is 5.54 Å². The third kappa shape index (κ3) is 3.06. The molecule has 0 bridgehead atoms. The maximum Gasteiger partial charge on any atom is 0.112 e. The topological polar surface area (TPSA) is 50.9 Å². The van der Waals surface area contributed by atoms with Gasteiger partial charge in [-0.15, -0.1) is 11.3 Å². The average molecular weight is 199 g/mol. The van der Waals surface area contributed by atoms with E-state index in [0.29, 0.717) is 0 Å². The highest BCUT2D eigenvalue weighted by Gasteiger charge is 2.21. The summed E-state index contributed by atoms with van der Waals surface area (Å²) in [4.78, 5) is 4.29. The summed E-state index contributed by atoms with van der Waals surface area (Å²) in [7, 11) is 0. The average Bonchev–Trinajstić information content (AvgIpc) is 2.56. The summed E-state index contributed by atoms with van der Waals surface area (Å²) in [5.74, 6) is 0. The number of nitrogens with one attached hydrogen (secondary N) is 1. The fraction of sp³-hybridized carbons (Fsp3) is 0.667. The highest BCUT2D eigenvalue weighted by Crippen LogP contribution is 2.21. The molecule has 3 N–H and O–H groups in total. The Bertz CT molecular complexity index is 231. The predicted octanol–water partition coefficient (Wildman–Crippen LogP) is 1.32. The van der Waals surface area contributed by atoms with Crippen LogP contribution in [-0.2, 0) is 5.54 Å². The van der Waals surface area contributed by atoms with Gasteiger partial charge < -0.3 is 11.1 Å². The molecule has 0 spiro atoms. The van der Waals surface area contributed by atoms with Crippen LogP contribution < -0.4 is 11.1 Å². The Morgan fingerprint density at radius 1 is 1.62 bits per heavy atom. The molecule has 4 heteroatoms. The van der Waals surface area contributed by atoms with Gasteiger partial charge in [-0.25, -0.2) is 4.98 Å². The molecule has 0 saturated carbocycles. The number of hydrogen-bond acceptors (Lipinski definition) is 4. The lowest BCUT2D eigenvalue weighted by Crippen LogP contribution is -2.37. The normalized spacial score (nSPS) is 11.9. The maximum absolute atomic E-state index is 5.42. The van der Waals surface area contributed by atoms with Crippen LogP contribution in [0.4, 0.5) is 0 Å². The molecule has 0 aliphatic rings. The standard InChI is InChI=1S/C9H17N3S/c1-9(2,12-5-3-4-10)8-11-6-7-13-8/h6-7,12H,3-5,10H2,1-2H3. The molecule has 0 aliphatic carbocycles. The van der Waals surface area contributed by atoms with Crippen molar-refractivity contribution in [2.45, 2.75) is 25.8 Å². The van der Waals surface area contributed by atoms with Crippen molar-refractivity contribution < 1.29 is 0 Å². The van der Waals surface area contributed by atoms with E-state index in [-0.39, 0.29) is 5.54 Å². The van der Waals surface area contributed by atoms with Crippen molar-refractivity contribution in [2.75, 3.05) is 13.1 Å². The van der Waals surface area contributed by atoms with Crippen LogP contribution in [0.25, 0.3) is 0 Å². The molecule has 0 amide bonds. The SMILES string of the molecule is CC(C)(NCCCN)c1nccs1. The second-order valence-corrected chi connectivity index (χ2v) is 4.43.